The molecule has 1 nitrogen and oxygen atoms in total. The molecule has 0 aliphatic heterocycles. The van der Waals surface area contributed by atoms with Gasteiger partial charge in [0.25, 0.3) is 0 Å². The Labute approximate surface area is 135 Å². The van der Waals surface area contributed by atoms with Crippen molar-refractivity contribution in [1.82, 2.24) is 5.32 Å². The van der Waals surface area contributed by atoms with Crippen molar-refractivity contribution in [2.24, 2.45) is 23.2 Å². The van der Waals surface area contributed by atoms with Gasteiger partial charge in [-0.1, -0.05) is 37.3 Å². The van der Waals surface area contributed by atoms with Crippen molar-refractivity contribution in [2.75, 3.05) is 6.54 Å². The third-order valence-electron chi connectivity index (χ3n) is 7.10. The zero-order chi connectivity index (χ0) is 15.2. The average Bonchev–Trinajstić information content (AvgIpc) is 2.51. The lowest BCUT2D eigenvalue weighted by atomic mass is 9.48. The fourth-order valence-electron chi connectivity index (χ4n) is 6.18. The predicted octanol–water partition coefficient (Wildman–Crippen LogP) is 4.98. The van der Waals surface area contributed by atoms with Crippen molar-refractivity contribution in [3.63, 3.8) is 0 Å². The lowest BCUT2D eigenvalue weighted by Crippen LogP contribution is -2.55. The summed E-state index contributed by atoms with van der Waals surface area (Å²) in [6.07, 6.45) is 9.16. The Hall–Kier alpha value is -0.820. The highest BCUT2D eigenvalue weighted by atomic mass is 14.9. The number of rotatable bonds is 5. The van der Waals surface area contributed by atoms with E-state index in [9.17, 15) is 0 Å². The van der Waals surface area contributed by atoms with Gasteiger partial charge in [0, 0.05) is 12.6 Å². The van der Waals surface area contributed by atoms with Crippen LogP contribution in [0.4, 0.5) is 0 Å². The van der Waals surface area contributed by atoms with Gasteiger partial charge in [-0.2, -0.15) is 0 Å². The SMILES string of the molecule is CC(CNC(C)C12CC3CC(CC(C3)C1)C2)c1ccccc1. The molecule has 2 unspecified atom stereocenters. The molecule has 1 aromatic rings. The fraction of sp³-hybridized carbons (Fsp3) is 0.714. The Morgan fingerprint density at radius 3 is 2.05 bits per heavy atom. The second-order valence-corrected chi connectivity index (χ2v) is 8.72. The smallest absolute Gasteiger partial charge is 0.00957 e. The molecule has 120 valence electrons. The third kappa shape index (κ3) is 2.62. The second kappa shape index (κ2) is 5.67. The van der Waals surface area contributed by atoms with Crippen LogP contribution in [-0.4, -0.2) is 12.6 Å². The normalized spacial score (nSPS) is 38.9. The van der Waals surface area contributed by atoms with Crippen LogP contribution in [-0.2, 0) is 0 Å². The molecule has 5 rings (SSSR count). The van der Waals surface area contributed by atoms with Crippen molar-refractivity contribution in [1.29, 1.82) is 0 Å². The van der Waals surface area contributed by atoms with Crippen molar-refractivity contribution >= 4 is 0 Å². The lowest BCUT2D eigenvalue weighted by molar-refractivity contribution is -0.0704. The molecule has 0 heterocycles. The van der Waals surface area contributed by atoms with Gasteiger partial charge < -0.3 is 5.32 Å². The van der Waals surface area contributed by atoms with E-state index in [0.29, 0.717) is 17.4 Å². The van der Waals surface area contributed by atoms with Gasteiger partial charge in [-0.05, 0) is 80.1 Å². The Kier molecular flexibility index (Phi) is 3.80. The van der Waals surface area contributed by atoms with Gasteiger partial charge in [-0.15, -0.1) is 0 Å². The average molecular weight is 297 g/mol. The van der Waals surface area contributed by atoms with Crippen molar-refractivity contribution in [3.05, 3.63) is 35.9 Å². The third-order valence-corrected chi connectivity index (χ3v) is 7.10. The summed E-state index contributed by atoms with van der Waals surface area (Å²) in [5, 5.41) is 3.94. The molecule has 0 amide bonds. The largest absolute Gasteiger partial charge is 0.313 e. The molecular formula is C21H31N. The Morgan fingerprint density at radius 1 is 0.955 bits per heavy atom. The second-order valence-electron chi connectivity index (χ2n) is 8.72. The van der Waals surface area contributed by atoms with Gasteiger partial charge in [-0.3, -0.25) is 0 Å². The van der Waals surface area contributed by atoms with Gasteiger partial charge in [0.05, 0.1) is 0 Å². The van der Waals surface area contributed by atoms with E-state index in [1.54, 1.807) is 19.3 Å². The van der Waals surface area contributed by atoms with Gasteiger partial charge in [0.1, 0.15) is 0 Å². The molecule has 4 saturated carbocycles. The van der Waals surface area contributed by atoms with Crippen molar-refractivity contribution in [3.8, 4) is 0 Å². The molecule has 0 aromatic heterocycles. The standard InChI is InChI=1S/C21H31N/c1-15(20-6-4-3-5-7-20)14-22-16(2)21-11-17-8-18(12-21)10-19(9-17)13-21/h3-7,15-19,22H,8-14H2,1-2H3. The summed E-state index contributed by atoms with van der Waals surface area (Å²) in [6.45, 7) is 5.95. The number of nitrogens with one attached hydrogen (secondary N) is 1. The molecule has 1 N–H and O–H groups in total. The molecule has 1 aromatic carbocycles. The van der Waals surface area contributed by atoms with Crippen molar-refractivity contribution in [2.45, 2.75) is 64.3 Å². The molecule has 0 radical (unpaired) electrons. The van der Waals surface area contributed by atoms with E-state index in [1.165, 1.54) is 24.8 Å². The minimum absolute atomic E-state index is 0.609. The van der Waals surface area contributed by atoms with Crippen LogP contribution in [0.1, 0.15) is 63.9 Å². The first-order chi connectivity index (χ1) is 10.6. The van der Waals surface area contributed by atoms with Crippen LogP contribution in [0.5, 0.6) is 0 Å². The van der Waals surface area contributed by atoms with Gasteiger partial charge in [-0.25, -0.2) is 0 Å². The summed E-state index contributed by atoms with van der Waals surface area (Å²) >= 11 is 0. The maximum absolute atomic E-state index is 3.94. The van der Waals surface area contributed by atoms with Crippen LogP contribution >= 0.6 is 0 Å². The molecule has 2 atom stereocenters. The highest BCUT2D eigenvalue weighted by Gasteiger charge is 2.52. The summed E-state index contributed by atoms with van der Waals surface area (Å²) in [5.74, 6) is 3.78. The van der Waals surface area contributed by atoms with Gasteiger partial charge in [0.15, 0.2) is 0 Å². The molecule has 22 heavy (non-hydrogen) atoms. The minimum Gasteiger partial charge on any atom is -0.313 e. The van der Waals surface area contributed by atoms with Crippen LogP contribution in [0, 0.1) is 23.2 Å². The topological polar surface area (TPSA) is 12.0 Å². The maximum atomic E-state index is 3.94. The first kappa shape index (κ1) is 14.8. The highest BCUT2D eigenvalue weighted by molar-refractivity contribution is 5.19. The van der Waals surface area contributed by atoms with E-state index in [0.717, 1.165) is 24.3 Å². The van der Waals surface area contributed by atoms with Crippen molar-refractivity contribution < 1.29 is 0 Å². The number of benzene rings is 1. The monoisotopic (exact) mass is 297 g/mol. The molecule has 4 bridgehead atoms. The van der Waals surface area contributed by atoms with E-state index in [4.69, 9.17) is 0 Å². The maximum Gasteiger partial charge on any atom is 0.00957 e. The van der Waals surface area contributed by atoms with Gasteiger partial charge in [0.2, 0.25) is 0 Å². The van der Waals surface area contributed by atoms with Crippen LogP contribution in [0.3, 0.4) is 0 Å². The quantitative estimate of drug-likeness (QED) is 0.808. The summed E-state index contributed by atoms with van der Waals surface area (Å²) < 4.78 is 0. The Bertz CT molecular complexity index is 471. The summed E-state index contributed by atoms with van der Waals surface area (Å²) in [7, 11) is 0. The zero-order valence-electron chi connectivity index (χ0n) is 14.2. The van der Waals surface area contributed by atoms with E-state index < -0.39 is 0 Å². The molecule has 4 fully saturated rings. The summed E-state index contributed by atoms with van der Waals surface area (Å²) in [6, 6.07) is 11.7. The Morgan fingerprint density at radius 2 is 1.50 bits per heavy atom. The van der Waals surface area contributed by atoms with Crippen LogP contribution in [0.15, 0.2) is 30.3 Å². The number of hydrogen-bond acceptors (Lipinski definition) is 1. The number of hydrogen-bond donors (Lipinski definition) is 1. The highest BCUT2D eigenvalue weighted by Crippen LogP contribution is 2.61. The molecule has 1 heteroatoms. The van der Waals surface area contributed by atoms with E-state index in [1.807, 2.05) is 0 Å². The van der Waals surface area contributed by atoms with Crippen LogP contribution in [0.25, 0.3) is 0 Å². The first-order valence-electron chi connectivity index (χ1n) is 9.43. The zero-order valence-corrected chi connectivity index (χ0v) is 14.2. The summed E-state index contributed by atoms with van der Waals surface area (Å²) in [5.41, 5.74) is 2.10. The van der Waals surface area contributed by atoms with E-state index >= 15 is 0 Å². The molecule has 4 aliphatic carbocycles. The molecule has 0 spiro atoms. The predicted molar refractivity (Wildman–Crippen MR) is 92.9 cm³/mol. The summed E-state index contributed by atoms with van der Waals surface area (Å²) in [4.78, 5) is 0. The minimum atomic E-state index is 0.609. The first-order valence-corrected chi connectivity index (χ1v) is 9.43. The lowest BCUT2D eigenvalue weighted by Gasteiger charge is -2.59. The molecule has 4 aliphatic rings. The van der Waals surface area contributed by atoms with Crippen LogP contribution in [0.2, 0.25) is 0 Å². The fourth-order valence-corrected chi connectivity index (χ4v) is 6.18. The molecular weight excluding hydrogens is 266 g/mol. The molecule has 0 saturated heterocycles. The van der Waals surface area contributed by atoms with Gasteiger partial charge >= 0.3 is 0 Å². The van der Waals surface area contributed by atoms with Crippen LogP contribution < -0.4 is 5.32 Å². The van der Waals surface area contributed by atoms with E-state index in [-0.39, 0.29) is 0 Å². The Balaban J connectivity index is 1.39. The van der Waals surface area contributed by atoms with E-state index in [2.05, 4.69) is 49.5 Å².